The summed E-state index contributed by atoms with van der Waals surface area (Å²) in [5, 5.41) is 0. The molecule has 1 saturated heterocycles. The second kappa shape index (κ2) is 8.54. The van der Waals surface area contributed by atoms with E-state index >= 15 is 0 Å². The number of carbonyl (C=O) groups excluding carboxylic acids is 1. The SMILES string of the molecule is CC[N+]1(C)CCC2CCC(OC(=O)c3ccc(OC)cc3)CC2C1.[Br-]. The van der Waals surface area contributed by atoms with Crippen molar-refractivity contribution in [1.82, 2.24) is 0 Å². The molecule has 0 N–H and O–H groups in total. The van der Waals surface area contributed by atoms with Crippen LogP contribution >= 0.6 is 0 Å². The maximum absolute atomic E-state index is 12.4. The van der Waals surface area contributed by atoms with Crippen LogP contribution in [0.25, 0.3) is 0 Å². The van der Waals surface area contributed by atoms with Gasteiger partial charge in [-0.2, -0.15) is 0 Å². The summed E-state index contributed by atoms with van der Waals surface area (Å²) in [5.41, 5.74) is 0.607. The van der Waals surface area contributed by atoms with Gasteiger partial charge in [-0.05, 0) is 62.8 Å². The van der Waals surface area contributed by atoms with E-state index in [4.69, 9.17) is 9.47 Å². The van der Waals surface area contributed by atoms with Gasteiger partial charge < -0.3 is 30.9 Å². The molecule has 0 bridgehead atoms. The van der Waals surface area contributed by atoms with E-state index in [1.807, 2.05) is 0 Å². The molecule has 0 amide bonds. The van der Waals surface area contributed by atoms with Gasteiger partial charge in [-0.1, -0.05) is 0 Å². The lowest BCUT2D eigenvalue weighted by Crippen LogP contribution is -3.00. The number of methoxy groups -OCH3 is 1. The van der Waals surface area contributed by atoms with Crippen LogP contribution in [0.3, 0.4) is 0 Å². The summed E-state index contributed by atoms with van der Waals surface area (Å²) in [5.74, 6) is 2.08. The van der Waals surface area contributed by atoms with E-state index in [0.29, 0.717) is 11.5 Å². The number of rotatable bonds is 4. The summed E-state index contributed by atoms with van der Waals surface area (Å²) < 4.78 is 12.1. The molecule has 2 fully saturated rings. The average molecular weight is 412 g/mol. The van der Waals surface area contributed by atoms with Crippen molar-refractivity contribution in [3.63, 3.8) is 0 Å². The van der Waals surface area contributed by atoms with Crippen LogP contribution in [0, 0.1) is 11.8 Å². The van der Waals surface area contributed by atoms with E-state index in [0.717, 1.165) is 24.5 Å². The van der Waals surface area contributed by atoms with Crippen molar-refractivity contribution >= 4 is 5.97 Å². The van der Waals surface area contributed by atoms with E-state index in [1.54, 1.807) is 31.4 Å². The smallest absolute Gasteiger partial charge is 0.338 e. The summed E-state index contributed by atoms with van der Waals surface area (Å²) in [4.78, 5) is 12.4. The van der Waals surface area contributed by atoms with E-state index < -0.39 is 0 Å². The minimum atomic E-state index is -0.204. The molecule has 25 heavy (non-hydrogen) atoms. The fourth-order valence-electron chi connectivity index (χ4n) is 4.36. The van der Waals surface area contributed by atoms with Gasteiger partial charge >= 0.3 is 5.97 Å². The lowest BCUT2D eigenvalue weighted by atomic mass is 9.73. The number of esters is 1. The third-order valence-corrected chi connectivity index (χ3v) is 6.17. The predicted octanol–water partition coefficient (Wildman–Crippen LogP) is 0.511. The first-order valence-electron chi connectivity index (χ1n) is 9.21. The highest BCUT2D eigenvalue weighted by Gasteiger charge is 2.41. The van der Waals surface area contributed by atoms with Gasteiger partial charge in [-0.3, -0.25) is 0 Å². The Labute approximate surface area is 161 Å². The molecule has 0 radical (unpaired) electrons. The summed E-state index contributed by atoms with van der Waals surface area (Å²) in [6, 6.07) is 7.16. The molecule has 1 saturated carbocycles. The Hall–Kier alpha value is -1.07. The summed E-state index contributed by atoms with van der Waals surface area (Å²) in [6.45, 7) is 6.01. The lowest BCUT2D eigenvalue weighted by Gasteiger charge is -2.47. The highest BCUT2D eigenvalue weighted by atomic mass is 79.9. The summed E-state index contributed by atoms with van der Waals surface area (Å²) >= 11 is 0. The standard InChI is InChI=1S/C20H30NO3.BrH/c1-4-21(2)12-11-15-5-10-19(13-17(15)14-21)24-20(22)16-6-8-18(23-3)9-7-16;/h6-9,15,17,19H,4-5,10-14H2,1-3H3;1H/q+1;/p-1. The Morgan fingerprint density at radius 1 is 1.16 bits per heavy atom. The average Bonchev–Trinajstić information content (AvgIpc) is 2.61. The molecular formula is C20H30BrNO3. The molecule has 1 aromatic carbocycles. The second-order valence-electron chi connectivity index (χ2n) is 7.72. The molecule has 1 aromatic rings. The minimum absolute atomic E-state index is 0. The Bertz CT molecular complexity index is 577. The number of quaternary nitrogens is 1. The summed E-state index contributed by atoms with van der Waals surface area (Å²) in [6.07, 6.45) is 4.65. The molecule has 1 aliphatic carbocycles. The largest absolute Gasteiger partial charge is 1.00 e. The first-order valence-corrected chi connectivity index (χ1v) is 9.21. The van der Waals surface area contributed by atoms with Crippen LogP contribution in [-0.2, 0) is 4.74 Å². The topological polar surface area (TPSA) is 35.5 Å². The zero-order valence-electron chi connectivity index (χ0n) is 15.5. The zero-order chi connectivity index (χ0) is 17.2. The fraction of sp³-hybridized carbons (Fsp3) is 0.650. The van der Waals surface area contributed by atoms with E-state index in [1.165, 1.54) is 37.0 Å². The normalized spacial score (nSPS) is 31.4. The molecule has 2 aliphatic rings. The fourth-order valence-corrected chi connectivity index (χ4v) is 4.36. The molecule has 140 valence electrons. The van der Waals surface area contributed by atoms with Crippen molar-refractivity contribution in [1.29, 1.82) is 0 Å². The lowest BCUT2D eigenvalue weighted by molar-refractivity contribution is -0.917. The van der Waals surface area contributed by atoms with Gasteiger partial charge in [0.2, 0.25) is 0 Å². The van der Waals surface area contributed by atoms with Gasteiger partial charge in [0, 0.05) is 5.92 Å². The molecule has 5 heteroatoms. The van der Waals surface area contributed by atoms with Crippen LogP contribution in [0.2, 0.25) is 0 Å². The van der Waals surface area contributed by atoms with Crippen LogP contribution in [-0.4, -0.2) is 50.3 Å². The highest BCUT2D eigenvalue weighted by molar-refractivity contribution is 5.89. The van der Waals surface area contributed by atoms with Crippen LogP contribution < -0.4 is 21.7 Å². The van der Waals surface area contributed by atoms with Gasteiger partial charge in [0.1, 0.15) is 11.9 Å². The van der Waals surface area contributed by atoms with Crippen LogP contribution in [0.15, 0.2) is 24.3 Å². The molecule has 0 aromatic heterocycles. The number of carbonyl (C=O) groups is 1. The molecule has 1 aliphatic heterocycles. The van der Waals surface area contributed by atoms with Gasteiger partial charge in [-0.15, -0.1) is 0 Å². The van der Waals surface area contributed by atoms with E-state index in [-0.39, 0.29) is 29.1 Å². The molecule has 0 spiro atoms. The highest BCUT2D eigenvalue weighted by Crippen LogP contribution is 2.39. The van der Waals surface area contributed by atoms with Crippen LogP contribution in [0.5, 0.6) is 5.75 Å². The minimum Gasteiger partial charge on any atom is -1.00 e. The van der Waals surface area contributed by atoms with Gasteiger partial charge in [0.05, 0.1) is 39.4 Å². The second-order valence-corrected chi connectivity index (χ2v) is 7.72. The quantitative estimate of drug-likeness (QED) is 0.534. The van der Waals surface area contributed by atoms with Crippen molar-refractivity contribution in [2.75, 3.05) is 33.8 Å². The first kappa shape index (κ1) is 20.2. The van der Waals surface area contributed by atoms with Gasteiger partial charge in [-0.25, -0.2) is 4.79 Å². The van der Waals surface area contributed by atoms with Crippen LogP contribution in [0.4, 0.5) is 0 Å². The number of benzene rings is 1. The van der Waals surface area contributed by atoms with Gasteiger partial charge in [0.15, 0.2) is 0 Å². The zero-order valence-corrected chi connectivity index (χ0v) is 17.1. The molecule has 4 unspecified atom stereocenters. The number of fused-ring (bicyclic) bond motifs is 1. The maximum Gasteiger partial charge on any atom is 0.338 e. The number of likely N-dealkylation sites (tertiary alicyclic amines) is 1. The van der Waals surface area contributed by atoms with E-state index in [2.05, 4.69) is 14.0 Å². The van der Waals surface area contributed by atoms with Crippen molar-refractivity contribution in [2.24, 2.45) is 11.8 Å². The predicted molar refractivity (Wildman–Crippen MR) is 94.1 cm³/mol. The van der Waals surface area contributed by atoms with Crippen molar-refractivity contribution in [3.05, 3.63) is 29.8 Å². The van der Waals surface area contributed by atoms with Crippen molar-refractivity contribution in [2.45, 2.75) is 38.7 Å². The van der Waals surface area contributed by atoms with E-state index in [9.17, 15) is 4.79 Å². The number of piperidine rings is 1. The third-order valence-electron chi connectivity index (χ3n) is 6.17. The molecule has 4 atom stereocenters. The van der Waals surface area contributed by atoms with Crippen molar-refractivity contribution in [3.8, 4) is 5.75 Å². The monoisotopic (exact) mass is 411 g/mol. The Kier molecular flexibility index (Phi) is 6.92. The first-order chi connectivity index (χ1) is 11.5. The Balaban J connectivity index is 0.00000225. The number of nitrogens with zero attached hydrogens (tertiary/aromatic N) is 1. The Morgan fingerprint density at radius 3 is 2.52 bits per heavy atom. The maximum atomic E-state index is 12.4. The number of ether oxygens (including phenoxy) is 2. The van der Waals surface area contributed by atoms with Gasteiger partial charge in [0.25, 0.3) is 0 Å². The summed E-state index contributed by atoms with van der Waals surface area (Å²) in [7, 11) is 3.99. The molecule has 4 nitrogen and oxygen atoms in total. The number of hydrogen-bond acceptors (Lipinski definition) is 3. The Morgan fingerprint density at radius 2 is 1.88 bits per heavy atom. The molecular weight excluding hydrogens is 382 g/mol. The molecule has 3 rings (SSSR count). The molecule has 1 heterocycles. The number of halogens is 1. The van der Waals surface area contributed by atoms with Crippen LogP contribution in [0.1, 0.15) is 43.0 Å². The van der Waals surface area contributed by atoms with Crippen molar-refractivity contribution < 1.29 is 35.7 Å². The number of hydrogen-bond donors (Lipinski definition) is 0. The third kappa shape index (κ3) is 4.76.